The monoisotopic (exact) mass is 270 g/mol. The highest BCUT2D eigenvalue weighted by Crippen LogP contribution is 2.25. The fourth-order valence-electron chi connectivity index (χ4n) is 1.79. The van der Waals surface area contributed by atoms with Crippen LogP contribution in [0.25, 0.3) is 5.69 Å². The Bertz CT molecular complexity index is 623. The van der Waals surface area contributed by atoms with Crippen molar-refractivity contribution in [1.29, 1.82) is 5.26 Å². The number of nitrogens with zero attached hydrogens (tertiary/aromatic N) is 3. The van der Waals surface area contributed by atoms with Gasteiger partial charge >= 0.3 is 0 Å². The molecule has 0 amide bonds. The summed E-state index contributed by atoms with van der Waals surface area (Å²) in [6.07, 6.45) is 7.77. The number of benzene rings is 1. The van der Waals surface area contributed by atoms with E-state index in [9.17, 15) is 0 Å². The predicted octanol–water partition coefficient (Wildman–Crippen LogP) is 3.21. The SMILES string of the molecule is CSC(=Nc1cccc(-n2cccc2)c1C)NC#N. The average molecular weight is 270 g/mol. The maximum Gasteiger partial charge on any atom is 0.183 e. The zero-order valence-corrected chi connectivity index (χ0v) is 11.6. The van der Waals surface area contributed by atoms with E-state index >= 15 is 0 Å². The lowest BCUT2D eigenvalue weighted by Crippen LogP contribution is -2.12. The van der Waals surface area contributed by atoms with Crippen LogP contribution >= 0.6 is 11.8 Å². The van der Waals surface area contributed by atoms with Crippen LogP contribution in [-0.2, 0) is 0 Å². The van der Waals surface area contributed by atoms with E-state index in [1.165, 1.54) is 11.8 Å². The maximum atomic E-state index is 8.66. The van der Waals surface area contributed by atoms with Crippen molar-refractivity contribution < 1.29 is 0 Å². The Morgan fingerprint density at radius 3 is 2.68 bits per heavy atom. The second-order valence-electron chi connectivity index (χ2n) is 3.87. The predicted molar refractivity (Wildman–Crippen MR) is 79.9 cm³/mol. The third-order valence-corrected chi connectivity index (χ3v) is 3.32. The molecule has 0 bridgehead atoms. The highest BCUT2D eigenvalue weighted by Gasteiger charge is 2.05. The quantitative estimate of drug-likeness (QED) is 0.394. The smallest absolute Gasteiger partial charge is 0.183 e. The average Bonchev–Trinajstić information content (AvgIpc) is 2.94. The minimum Gasteiger partial charge on any atom is -0.324 e. The summed E-state index contributed by atoms with van der Waals surface area (Å²) in [7, 11) is 0. The molecule has 1 aromatic carbocycles. The van der Waals surface area contributed by atoms with Crippen LogP contribution in [0.1, 0.15) is 5.56 Å². The number of nitrogens with one attached hydrogen (secondary N) is 1. The van der Waals surface area contributed by atoms with Gasteiger partial charge in [0.1, 0.15) is 0 Å². The highest BCUT2D eigenvalue weighted by molar-refractivity contribution is 8.13. The van der Waals surface area contributed by atoms with E-state index in [-0.39, 0.29) is 0 Å². The van der Waals surface area contributed by atoms with E-state index in [0.29, 0.717) is 5.17 Å². The molecule has 1 aromatic heterocycles. The summed E-state index contributed by atoms with van der Waals surface area (Å²) in [5.74, 6) is 0. The number of aromatic nitrogens is 1. The molecule has 0 atom stereocenters. The fourth-order valence-corrected chi connectivity index (χ4v) is 2.13. The summed E-state index contributed by atoms with van der Waals surface area (Å²) < 4.78 is 2.05. The molecule has 0 fully saturated rings. The van der Waals surface area contributed by atoms with Gasteiger partial charge in [-0.05, 0) is 43.0 Å². The third kappa shape index (κ3) is 2.98. The van der Waals surface area contributed by atoms with Crippen LogP contribution in [0.5, 0.6) is 0 Å². The standard InChI is InChI=1S/C14H14N4S/c1-11-12(17-14(19-2)16-10-15)6-5-7-13(11)18-8-3-4-9-18/h3-9H,1-2H3,(H,16,17). The van der Waals surface area contributed by atoms with Crippen molar-refractivity contribution in [2.24, 2.45) is 4.99 Å². The molecule has 5 heteroatoms. The molecule has 2 aromatic rings. The normalized spacial score (nSPS) is 11.1. The Labute approximate surface area is 116 Å². The van der Waals surface area contributed by atoms with E-state index in [2.05, 4.69) is 10.3 Å². The van der Waals surface area contributed by atoms with Gasteiger partial charge in [-0.1, -0.05) is 17.8 Å². The third-order valence-electron chi connectivity index (χ3n) is 2.74. The zero-order chi connectivity index (χ0) is 13.7. The molecule has 0 aliphatic carbocycles. The Morgan fingerprint density at radius 1 is 1.32 bits per heavy atom. The molecule has 0 saturated heterocycles. The van der Waals surface area contributed by atoms with Crippen LogP contribution in [0.3, 0.4) is 0 Å². The highest BCUT2D eigenvalue weighted by atomic mass is 32.2. The van der Waals surface area contributed by atoms with Crippen LogP contribution in [0.15, 0.2) is 47.7 Å². The Kier molecular flexibility index (Phi) is 4.26. The van der Waals surface area contributed by atoms with Gasteiger partial charge in [0.05, 0.1) is 5.69 Å². The van der Waals surface area contributed by atoms with Crippen molar-refractivity contribution in [2.75, 3.05) is 6.26 Å². The van der Waals surface area contributed by atoms with Crippen LogP contribution in [0, 0.1) is 18.4 Å². The molecule has 1 heterocycles. The molecule has 1 N–H and O–H groups in total. The minimum atomic E-state index is 0.593. The van der Waals surface area contributed by atoms with Gasteiger partial charge in [-0.2, -0.15) is 5.26 Å². The molecule has 0 unspecified atom stereocenters. The van der Waals surface area contributed by atoms with Gasteiger partial charge in [0.2, 0.25) is 0 Å². The Hall–Kier alpha value is -2.19. The summed E-state index contributed by atoms with van der Waals surface area (Å²) in [6, 6.07) is 9.92. The molecule has 0 aliphatic heterocycles. The van der Waals surface area contributed by atoms with Crippen LogP contribution in [0.4, 0.5) is 5.69 Å². The first-order chi connectivity index (χ1) is 9.26. The van der Waals surface area contributed by atoms with Crippen molar-refractivity contribution in [3.63, 3.8) is 0 Å². The lowest BCUT2D eigenvalue weighted by atomic mass is 10.1. The Morgan fingerprint density at radius 2 is 2.05 bits per heavy atom. The first-order valence-corrected chi connectivity index (χ1v) is 6.99. The summed E-state index contributed by atoms with van der Waals surface area (Å²) in [5.41, 5.74) is 3.02. The molecular formula is C14H14N4S. The summed E-state index contributed by atoms with van der Waals surface area (Å²) >= 11 is 1.41. The molecule has 19 heavy (non-hydrogen) atoms. The lowest BCUT2D eigenvalue weighted by Gasteiger charge is -2.10. The largest absolute Gasteiger partial charge is 0.324 e. The lowest BCUT2D eigenvalue weighted by molar-refractivity contribution is 1.06. The van der Waals surface area contributed by atoms with Gasteiger partial charge in [-0.25, -0.2) is 4.99 Å². The van der Waals surface area contributed by atoms with Crippen molar-refractivity contribution in [3.8, 4) is 11.9 Å². The molecule has 2 rings (SSSR count). The molecule has 4 nitrogen and oxygen atoms in total. The molecule has 0 aliphatic rings. The zero-order valence-electron chi connectivity index (χ0n) is 10.8. The number of hydrogen-bond donors (Lipinski definition) is 1. The van der Waals surface area contributed by atoms with Gasteiger partial charge < -0.3 is 4.57 Å². The van der Waals surface area contributed by atoms with Crippen LogP contribution < -0.4 is 5.32 Å². The van der Waals surface area contributed by atoms with Gasteiger partial charge in [0, 0.05) is 18.1 Å². The topological polar surface area (TPSA) is 53.1 Å². The van der Waals surface area contributed by atoms with Crippen LogP contribution in [-0.4, -0.2) is 16.0 Å². The number of hydrogen-bond acceptors (Lipinski definition) is 3. The van der Waals surface area contributed by atoms with E-state index in [4.69, 9.17) is 5.26 Å². The maximum absolute atomic E-state index is 8.66. The first-order valence-electron chi connectivity index (χ1n) is 5.77. The van der Waals surface area contributed by atoms with E-state index in [1.54, 1.807) is 0 Å². The minimum absolute atomic E-state index is 0.593. The number of aliphatic imine (C=N–C) groups is 1. The fraction of sp³-hybridized carbons (Fsp3) is 0.143. The molecular weight excluding hydrogens is 256 g/mol. The van der Waals surface area contributed by atoms with Gasteiger partial charge in [-0.15, -0.1) is 0 Å². The first kappa shape index (κ1) is 13.2. The number of rotatable bonds is 2. The number of thioether (sulfide) groups is 1. The van der Waals surface area contributed by atoms with Crippen LogP contribution in [0.2, 0.25) is 0 Å². The summed E-state index contributed by atoms with van der Waals surface area (Å²) in [4.78, 5) is 4.47. The number of nitriles is 1. The second-order valence-corrected chi connectivity index (χ2v) is 4.66. The van der Waals surface area contributed by atoms with E-state index in [1.807, 2.05) is 66.7 Å². The van der Waals surface area contributed by atoms with Crippen molar-refractivity contribution in [1.82, 2.24) is 9.88 Å². The summed E-state index contributed by atoms with van der Waals surface area (Å²) in [5, 5.41) is 11.8. The van der Waals surface area contributed by atoms with Crippen molar-refractivity contribution >= 4 is 22.6 Å². The van der Waals surface area contributed by atoms with Crippen molar-refractivity contribution in [2.45, 2.75) is 6.92 Å². The number of amidine groups is 1. The van der Waals surface area contributed by atoms with E-state index < -0.39 is 0 Å². The Balaban J connectivity index is 2.44. The van der Waals surface area contributed by atoms with Gasteiger partial charge in [0.25, 0.3) is 0 Å². The molecule has 0 radical (unpaired) electrons. The molecule has 0 spiro atoms. The second kappa shape index (κ2) is 6.12. The molecule has 0 saturated carbocycles. The molecule has 96 valence electrons. The van der Waals surface area contributed by atoms with Gasteiger partial charge in [-0.3, -0.25) is 5.32 Å². The van der Waals surface area contributed by atoms with E-state index in [0.717, 1.165) is 16.9 Å². The summed E-state index contributed by atoms with van der Waals surface area (Å²) in [6.45, 7) is 2.03. The van der Waals surface area contributed by atoms with Crippen molar-refractivity contribution in [3.05, 3.63) is 48.3 Å². The van der Waals surface area contributed by atoms with Gasteiger partial charge in [0.15, 0.2) is 11.4 Å².